The summed E-state index contributed by atoms with van der Waals surface area (Å²) in [7, 11) is -3.74. The molecule has 1 N–H and O–H groups in total. The SMILES string of the molecule is CC(Nc1ccc([N+](=O)[O-])cc1S(=O)(=O)N1CCCC1)C1CC2CCC1C2. The van der Waals surface area contributed by atoms with E-state index in [4.69, 9.17) is 0 Å². The van der Waals surface area contributed by atoms with Crippen LogP contribution in [0.1, 0.15) is 45.4 Å². The molecule has 7 nitrogen and oxygen atoms in total. The minimum atomic E-state index is -3.74. The Kier molecular flexibility index (Phi) is 4.88. The molecule has 0 radical (unpaired) electrons. The van der Waals surface area contributed by atoms with Crippen LogP contribution in [-0.2, 0) is 10.0 Å². The van der Waals surface area contributed by atoms with Gasteiger partial charge in [-0.1, -0.05) is 6.42 Å². The highest BCUT2D eigenvalue weighted by atomic mass is 32.2. The maximum absolute atomic E-state index is 13.1. The van der Waals surface area contributed by atoms with Gasteiger partial charge in [0.1, 0.15) is 4.90 Å². The summed E-state index contributed by atoms with van der Waals surface area (Å²) in [5, 5.41) is 14.6. The molecule has 1 saturated heterocycles. The first-order chi connectivity index (χ1) is 12.9. The first-order valence-corrected chi connectivity index (χ1v) is 11.4. The Bertz CT molecular complexity index is 835. The summed E-state index contributed by atoms with van der Waals surface area (Å²) in [6, 6.07) is 4.31. The summed E-state index contributed by atoms with van der Waals surface area (Å²) in [6.07, 6.45) is 6.73. The van der Waals surface area contributed by atoms with Crippen molar-refractivity contribution in [3.63, 3.8) is 0 Å². The molecule has 4 rings (SSSR count). The molecule has 8 heteroatoms. The zero-order valence-electron chi connectivity index (χ0n) is 15.6. The number of hydrogen-bond acceptors (Lipinski definition) is 5. The van der Waals surface area contributed by atoms with Gasteiger partial charge in [-0.25, -0.2) is 8.42 Å². The number of non-ortho nitro benzene ring substituents is 1. The summed E-state index contributed by atoms with van der Waals surface area (Å²) < 4.78 is 27.7. The van der Waals surface area contributed by atoms with Crippen molar-refractivity contribution in [2.24, 2.45) is 17.8 Å². The van der Waals surface area contributed by atoms with Gasteiger partial charge in [0.15, 0.2) is 0 Å². The molecule has 3 aliphatic rings. The van der Waals surface area contributed by atoms with Gasteiger partial charge in [-0.3, -0.25) is 10.1 Å². The zero-order valence-corrected chi connectivity index (χ0v) is 16.5. The highest BCUT2D eigenvalue weighted by molar-refractivity contribution is 7.89. The van der Waals surface area contributed by atoms with Gasteiger partial charge in [-0.15, -0.1) is 0 Å². The molecule has 0 aromatic heterocycles. The fourth-order valence-corrected chi connectivity index (χ4v) is 6.98. The molecule has 1 aliphatic heterocycles. The van der Waals surface area contributed by atoms with Gasteiger partial charge < -0.3 is 5.32 Å². The Balaban J connectivity index is 1.64. The molecule has 2 bridgehead atoms. The lowest BCUT2D eigenvalue weighted by Gasteiger charge is -2.30. The summed E-state index contributed by atoms with van der Waals surface area (Å²) >= 11 is 0. The van der Waals surface area contributed by atoms with Gasteiger partial charge in [0, 0.05) is 31.3 Å². The molecular formula is C19H27N3O4S. The lowest BCUT2D eigenvalue weighted by Crippen LogP contribution is -2.32. The first kappa shape index (κ1) is 18.7. The van der Waals surface area contributed by atoms with Crippen LogP contribution < -0.4 is 5.32 Å². The van der Waals surface area contributed by atoms with E-state index in [1.54, 1.807) is 6.07 Å². The molecule has 3 fully saturated rings. The fourth-order valence-electron chi connectivity index (χ4n) is 5.28. The molecule has 0 amide bonds. The highest BCUT2D eigenvalue weighted by Crippen LogP contribution is 2.50. The molecule has 2 aliphatic carbocycles. The molecular weight excluding hydrogens is 366 g/mol. The zero-order chi connectivity index (χ0) is 19.2. The number of sulfonamides is 1. The second kappa shape index (κ2) is 7.05. The average molecular weight is 394 g/mol. The number of anilines is 1. The fraction of sp³-hybridized carbons (Fsp3) is 0.684. The van der Waals surface area contributed by atoms with E-state index in [1.165, 1.54) is 42.1 Å². The minimum Gasteiger partial charge on any atom is -0.381 e. The summed E-state index contributed by atoms with van der Waals surface area (Å²) in [6.45, 7) is 3.07. The van der Waals surface area contributed by atoms with Crippen molar-refractivity contribution in [3.8, 4) is 0 Å². The van der Waals surface area contributed by atoms with Crippen LogP contribution in [0.3, 0.4) is 0 Å². The topological polar surface area (TPSA) is 92.5 Å². The van der Waals surface area contributed by atoms with Gasteiger partial charge >= 0.3 is 0 Å². The van der Waals surface area contributed by atoms with Crippen LogP contribution in [-0.4, -0.2) is 36.8 Å². The molecule has 27 heavy (non-hydrogen) atoms. The monoisotopic (exact) mass is 393 g/mol. The summed E-state index contributed by atoms with van der Waals surface area (Å²) in [4.78, 5) is 10.7. The van der Waals surface area contributed by atoms with E-state index in [-0.39, 0.29) is 16.6 Å². The van der Waals surface area contributed by atoms with E-state index < -0.39 is 14.9 Å². The number of benzene rings is 1. The van der Waals surface area contributed by atoms with Crippen LogP contribution in [0.15, 0.2) is 23.1 Å². The molecule has 1 aromatic carbocycles. The van der Waals surface area contributed by atoms with Gasteiger partial charge in [0.2, 0.25) is 10.0 Å². The minimum absolute atomic E-state index is 0.0357. The number of rotatable bonds is 6. The van der Waals surface area contributed by atoms with Crippen molar-refractivity contribution < 1.29 is 13.3 Å². The predicted molar refractivity (Wildman–Crippen MR) is 103 cm³/mol. The van der Waals surface area contributed by atoms with Gasteiger partial charge in [-0.05, 0) is 62.8 Å². The summed E-state index contributed by atoms with van der Waals surface area (Å²) in [5.74, 6) is 2.07. The van der Waals surface area contributed by atoms with Crippen LogP contribution in [0.5, 0.6) is 0 Å². The van der Waals surface area contributed by atoms with Crippen molar-refractivity contribution in [1.29, 1.82) is 0 Å². The lowest BCUT2D eigenvalue weighted by atomic mass is 9.84. The Labute approximate surface area is 160 Å². The number of hydrogen-bond donors (Lipinski definition) is 1. The predicted octanol–water partition coefficient (Wildman–Crippen LogP) is 3.62. The third kappa shape index (κ3) is 3.45. The molecule has 1 aromatic rings. The third-order valence-electron chi connectivity index (χ3n) is 6.68. The van der Waals surface area contributed by atoms with Gasteiger partial charge in [-0.2, -0.15) is 4.31 Å². The Morgan fingerprint density at radius 1 is 1.22 bits per heavy atom. The van der Waals surface area contributed by atoms with Crippen LogP contribution in [0.25, 0.3) is 0 Å². The molecule has 4 unspecified atom stereocenters. The largest absolute Gasteiger partial charge is 0.381 e. The number of nitro benzene ring substituents is 1. The van der Waals surface area contributed by atoms with Crippen molar-refractivity contribution in [1.82, 2.24) is 4.31 Å². The van der Waals surface area contributed by atoms with E-state index in [0.717, 1.165) is 18.8 Å². The van der Waals surface area contributed by atoms with E-state index in [0.29, 0.717) is 30.6 Å². The number of fused-ring (bicyclic) bond motifs is 2. The maximum atomic E-state index is 13.1. The smallest absolute Gasteiger partial charge is 0.270 e. The molecule has 1 heterocycles. The quantitative estimate of drug-likeness (QED) is 0.589. The van der Waals surface area contributed by atoms with Crippen LogP contribution in [0.4, 0.5) is 11.4 Å². The Morgan fingerprint density at radius 3 is 2.56 bits per heavy atom. The molecule has 2 saturated carbocycles. The summed E-state index contributed by atoms with van der Waals surface area (Å²) in [5.41, 5.74) is 0.300. The third-order valence-corrected chi connectivity index (χ3v) is 8.62. The van der Waals surface area contributed by atoms with Gasteiger partial charge in [0.25, 0.3) is 5.69 Å². The second-order valence-electron chi connectivity index (χ2n) is 8.32. The molecule has 0 spiro atoms. The first-order valence-electron chi connectivity index (χ1n) is 9.91. The lowest BCUT2D eigenvalue weighted by molar-refractivity contribution is -0.385. The van der Waals surface area contributed by atoms with Crippen molar-refractivity contribution >= 4 is 21.4 Å². The van der Waals surface area contributed by atoms with Crippen molar-refractivity contribution in [3.05, 3.63) is 28.3 Å². The van der Waals surface area contributed by atoms with Crippen LogP contribution in [0.2, 0.25) is 0 Å². The van der Waals surface area contributed by atoms with Crippen molar-refractivity contribution in [2.45, 2.75) is 56.4 Å². The van der Waals surface area contributed by atoms with E-state index in [2.05, 4.69) is 12.2 Å². The van der Waals surface area contributed by atoms with Crippen LogP contribution in [0, 0.1) is 27.9 Å². The van der Waals surface area contributed by atoms with Crippen LogP contribution >= 0.6 is 0 Å². The van der Waals surface area contributed by atoms with E-state index >= 15 is 0 Å². The average Bonchev–Trinajstić information content (AvgIpc) is 3.39. The number of nitro groups is 1. The second-order valence-corrected chi connectivity index (χ2v) is 10.2. The number of nitrogens with zero attached hydrogens (tertiary/aromatic N) is 2. The normalized spacial score (nSPS) is 29.1. The Morgan fingerprint density at radius 2 is 1.96 bits per heavy atom. The number of nitrogens with one attached hydrogen (secondary N) is 1. The Hall–Kier alpha value is -1.67. The van der Waals surface area contributed by atoms with E-state index in [9.17, 15) is 18.5 Å². The van der Waals surface area contributed by atoms with E-state index in [1.807, 2.05) is 0 Å². The molecule has 148 valence electrons. The standard InChI is InChI=1S/C19H27N3O4S/c1-13(17-11-14-4-5-15(17)10-14)20-18-7-6-16(22(23)24)12-19(18)27(25,26)21-8-2-3-9-21/h6-7,12-15,17,20H,2-5,8-11H2,1H3. The molecule has 4 atom stereocenters. The van der Waals surface area contributed by atoms with Crippen molar-refractivity contribution in [2.75, 3.05) is 18.4 Å². The van der Waals surface area contributed by atoms with Gasteiger partial charge in [0.05, 0.1) is 10.6 Å². The maximum Gasteiger partial charge on any atom is 0.270 e. The highest BCUT2D eigenvalue weighted by Gasteiger charge is 2.42.